The summed E-state index contributed by atoms with van der Waals surface area (Å²) in [6, 6.07) is 8.84. The number of benzene rings is 1. The Kier molecular flexibility index (Phi) is 5.76. The Morgan fingerprint density at radius 1 is 1.24 bits per heavy atom. The van der Waals surface area contributed by atoms with Gasteiger partial charge in [-0.25, -0.2) is 0 Å². The van der Waals surface area contributed by atoms with Gasteiger partial charge in [-0.1, -0.05) is 29.8 Å². The second-order valence-corrected chi connectivity index (χ2v) is 6.82. The summed E-state index contributed by atoms with van der Waals surface area (Å²) < 4.78 is 0. The normalized spacial score (nSPS) is 17.3. The molecule has 25 heavy (non-hydrogen) atoms. The minimum Gasteiger partial charge on any atom is -0.334 e. The summed E-state index contributed by atoms with van der Waals surface area (Å²) >= 11 is 0. The average molecular weight is 338 g/mol. The third-order valence-corrected chi connectivity index (χ3v) is 4.69. The molecular formula is C20H26N4O. The number of nitrogens with zero attached hydrogens (tertiary/aromatic N) is 3. The molecule has 1 atom stereocenters. The van der Waals surface area contributed by atoms with E-state index in [1.165, 1.54) is 11.1 Å². The van der Waals surface area contributed by atoms with Crippen molar-refractivity contribution in [2.75, 3.05) is 6.54 Å². The molecule has 0 bridgehead atoms. The fraction of sp³-hybridized carbons (Fsp3) is 0.450. The van der Waals surface area contributed by atoms with Crippen LogP contribution in [0, 0.1) is 13.8 Å². The van der Waals surface area contributed by atoms with E-state index in [4.69, 9.17) is 0 Å². The smallest absolute Gasteiger partial charge is 0.223 e. The Morgan fingerprint density at radius 3 is 2.88 bits per heavy atom. The van der Waals surface area contributed by atoms with Crippen LogP contribution in [0.2, 0.25) is 0 Å². The van der Waals surface area contributed by atoms with Crippen molar-refractivity contribution in [1.82, 2.24) is 20.2 Å². The molecule has 1 fully saturated rings. The number of hydrogen-bond donors (Lipinski definition) is 1. The molecule has 1 aliphatic heterocycles. The van der Waals surface area contributed by atoms with Gasteiger partial charge < -0.3 is 10.2 Å². The molecule has 1 aliphatic rings. The molecule has 1 N–H and O–H groups in total. The first-order valence-electron chi connectivity index (χ1n) is 8.95. The van der Waals surface area contributed by atoms with Gasteiger partial charge in [-0.2, -0.15) is 0 Å². The van der Waals surface area contributed by atoms with E-state index in [2.05, 4.69) is 46.5 Å². The lowest BCUT2D eigenvalue weighted by Gasteiger charge is -2.24. The van der Waals surface area contributed by atoms with E-state index in [0.29, 0.717) is 19.0 Å². The van der Waals surface area contributed by atoms with Crippen molar-refractivity contribution in [2.24, 2.45) is 0 Å². The number of likely N-dealkylation sites (tertiary alicyclic amines) is 1. The summed E-state index contributed by atoms with van der Waals surface area (Å²) in [6.07, 6.45) is 6.07. The molecule has 1 aromatic carbocycles. The molecule has 5 heteroatoms. The van der Waals surface area contributed by atoms with E-state index < -0.39 is 0 Å². The van der Waals surface area contributed by atoms with Gasteiger partial charge in [-0.05, 0) is 38.8 Å². The zero-order valence-electron chi connectivity index (χ0n) is 15.0. The number of rotatable bonds is 7. The van der Waals surface area contributed by atoms with Crippen LogP contribution in [0.5, 0.6) is 0 Å². The SMILES string of the molecule is Cc1cccc(CNCCC2CCC(=O)N2Cc2cnc(C)cn2)c1. The van der Waals surface area contributed by atoms with Crippen LogP contribution < -0.4 is 5.32 Å². The maximum Gasteiger partial charge on any atom is 0.223 e. The molecule has 0 saturated carbocycles. The van der Waals surface area contributed by atoms with Gasteiger partial charge in [-0.3, -0.25) is 14.8 Å². The zero-order chi connectivity index (χ0) is 17.6. The fourth-order valence-corrected chi connectivity index (χ4v) is 3.31. The molecule has 0 spiro atoms. The molecule has 2 aromatic rings. The molecule has 5 nitrogen and oxygen atoms in total. The van der Waals surface area contributed by atoms with E-state index in [-0.39, 0.29) is 5.91 Å². The highest BCUT2D eigenvalue weighted by Crippen LogP contribution is 2.23. The Hall–Kier alpha value is -2.27. The molecule has 132 valence electrons. The first-order chi connectivity index (χ1) is 12.1. The molecule has 0 radical (unpaired) electrons. The van der Waals surface area contributed by atoms with Crippen molar-refractivity contribution < 1.29 is 4.79 Å². The summed E-state index contributed by atoms with van der Waals surface area (Å²) in [5.41, 5.74) is 4.34. The predicted octanol–water partition coefficient (Wildman–Crippen LogP) is 2.76. The van der Waals surface area contributed by atoms with E-state index in [1.807, 2.05) is 11.8 Å². The van der Waals surface area contributed by atoms with Gasteiger partial charge in [0.25, 0.3) is 0 Å². The maximum atomic E-state index is 12.2. The second kappa shape index (κ2) is 8.21. The van der Waals surface area contributed by atoms with Crippen molar-refractivity contribution in [3.63, 3.8) is 0 Å². The standard InChI is InChI=1S/C20H26N4O/c1-15-4-3-5-17(10-15)12-21-9-8-19-6-7-20(25)24(19)14-18-13-22-16(2)11-23-18/h3-5,10-11,13,19,21H,6-9,12,14H2,1-2H3. The van der Waals surface area contributed by atoms with Crippen molar-refractivity contribution in [3.8, 4) is 0 Å². The summed E-state index contributed by atoms with van der Waals surface area (Å²) in [5.74, 6) is 0.228. The summed E-state index contributed by atoms with van der Waals surface area (Å²) in [4.78, 5) is 22.8. The zero-order valence-corrected chi connectivity index (χ0v) is 15.0. The Bertz CT molecular complexity index is 714. The number of aryl methyl sites for hydroxylation is 2. The third kappa shape index (κ3) is 4.86. The molecule has 3 rings (SSSR count). The summed E-state index contributed by atoms with van der Waals surface area (Å²) in [5, 5.41) is 3.50. The van der Waals surface area contributed by atoms with Crippen LogP contribution in [-0.2, 0) is 17.9 Å². The Labute approximate surface area is 149 Å². The van der Waals surface area contributed by atoms with Crippen molar-refractivity contribution >= 4 is 5.91 Å². The van der Waals surface area contributed by atoms with Gasteiger partial charge in [0.1, 0.15) is 0 Å². The first kappa shape index (κ1) is 17.5. The van der Waals surface area contributed by atoms with Crippen LogP contribution in [0.3, 0.4) is 0 Å². The third-order valence-electron chi connectivity index (χ3n) is 4.69. The monoisotopic (exact) mass is 338 g/mol. The van der Waals surface area contributed by atoms with Crippen molar-refractivity contribution in [1.29, 1.82) is 0 Å². The molecule has 1 saturated heterocycles. The number of aromatic nitrogens is 2. The van der Waals surface area contributed by atoms with Gasteiger partial charge >= 0.3 is 0 Å². The lowest BCUT2D eigenvalue weighted by molar-refractivity contribution is -0.129. The van der Waals surface area contributed by atoms with E-state index in [9.17, 15) is 4.79 Å². The molecular weight excluding hydrogens is 312 g/mol. The fourth-order valence-electron chi connectivity index (χ4n) is 3.31. The summed E-state index contributed by atoms with van der Waals surface area (Å²) in [7, 11) is 0. The quantitative estimate of drug-likeness (QED) is 0.789. The average Bonchev–Trinajstić information content (AvgIpc) is 2.94. The minimum atomic E-state index is 0.228. The van der Waals surface area contributed by atoms with Gasteiger partial charge in [-0.15, -0.1) is 0 Å². The molecule has 0 aliphatic carbocycles. The molecule has 2 heterocycles. The van der Waals surface area contributed by atoms with E-state index >= 15 is 0 Å². The van der Waals surface area contributed by atoms with Gasteiger partial charge in [0.2, 0.25) is 5.91 Å². The lowest BCUT2D eigenvalue weighted by atomic mass is 10.1. The van der Waals surface area contributed by atoms with Crippen LogP contribution in [0.4, 0.5) is 0 Å². The van der Waals surface area contributed by atoms with Crippen LogP contribution >= 0.6 is 0 Å². The number of amides is 1. The highest BCUT2D eigenvalue weighted by atomic mass is 16.2. The highest BCUT2D eigenvalue weighted by molar-refractivity contribution is 5.78. The Balaban J connectivity index is 1.49. The van der Waals surface area contributed by atoms with Crippen LogP contribution in [0.15, 0.2) is 36.7 Å². The number of carbonyl (C=O) groups excluding carboxylic acids is 1. The van der Waals surface area contributed by atoms with Crippen LogP contribution in [0.1, 0.15) is 41.8 Å². The molecule has 1 amide bonds. The van der Waals surface area contributed by atoms with Crippen LogP contribution in [-0.4, -0.2) is 33.4 Å². The first-order valence-corrected chi connectivity index (χ1v) is 8.95. The van der Waals surface area contributed by atoms with E-state index in [0.717, 1.165) is 37.3 Å². The van der Waals surface area contributed by atoms with Crippen molar-refractivity contribution in [2.45, 2.75) is 52.2 Å². The minimum absolute atomic E-state index is 0.228. The largest absolute Gasteiger partial charge is 0.334 e. The maximum absolute atomic E-state index is 12.2. The van der Waals surface area contributed by atoms with Gasteiger partial charge in [0.15, 0.2) is 0 Å². The van der Waals surface area contributed by atoms with Gasteiger partial charge in [0.05, 0.1) is 24.1 Å². The Morgan fingerprint density at radius 2 is 2.12 bits per heavy atom. The van der Waals surface area contributed by atoms with Crippen molar-refractivity contribution in [3.05, 3.63) is 59.2 Å². The van der Waals surface area contributed by atoms with E-state index in [1.54, 1.807) is 12.4 Å². The second-order valence-electron chi connectivity index (χ2n) is 6.82. The van der Waals surface area contributed by atoms with Crippen LogP contribution in [0.25, 0.3) is 0 Å². The summed E-state index contributed by atoms with van der Waals surface area (Å²) in [6.45, 7) is 6.36. The lowest BCUT2D eigenvalue weighted by Crippen LogP contribution is -2.35. The number of hydrogen-bond acceptors (Lipinski definition) is 4. The topological polar surface area (TPSA) is 58.1 Å². The molecule has 1 aromatic heterocycles. The molecule has 1 unspecified atom stereocenters. The number of nitrogens with one attached hydrogen (secondary N) is 1. The number of carbonyl (C=O) groups is 1. The predicted molar refractivity (Wildman–Crippen MR) is 97.8 cm³/mol. The highest BCUT2D eigenvalue weighted by Gasteiger charge is 2.30. The van der Waals surface area contributed by atoms with Gasteiger partial charge in [0, 0.05) is 25.2 Å².